The number of rotatable bonds is 6. The van der Waals surface area contributed by atoms with Gasteiger partial charge in [-0.1, -0.05) is 0 Å². The van der Waals surface area contributed by atoms with Crippen molar-refractivity contribution in [2.24, 2.45) is 0 Å². The molecule has 0 spiro atoms. The van der Waals surface area contributed by atoms with Crippen molar-refractivity contribution in [2.45, 2.75) is 44.5 Å². The average Bonchev–Trinajstić information content (AvgIpc) is 2.11. The van der Waals surface area contributed by atoms with Crippen LogP contribution in [0.2, 0.25) is 0 Å². The first-order valence-corrected chi connectivity index (χ1v) is 4.58. The Bertz CT molecular complexity index is 296. The van der Waals surface area contributed by atoms with Gasteiger partial charge in [-0.25, -0.2) is 4.39 Å². The normalized spacial score (nSPS) is 14.5. The van der Waals surface area contributed by atoms with Gasteiger partial charge in [0.15, 0.2) is 6.17 Å². The zero-order valence-electron chi connectivity index (χ0n) is 8.78. The summed E-state index contributed by atoms with van der Waals surface area (Å²) in [7, 11) is 0. The molecule has 0 rings (SSSR count). The van der Waals surface area contributed by atoms with E-state index in [-0.39, 0.29) is 0 Å². The van der Waals surface area contributed by atoms with Crippen molar-refractivity contribution in [3.8, 4) is 0 Å². The summed E-state index contributed by atoms with van der Waals surface area (Å²) in [5, 5.41) is 0. The number of carbonyl (C=O) groups excluding carboxylic acids is 2. The smallest absolute Gasteiger partial charge is 0.300 e. The molecule has 8 heteroatoms. The van der Waals surface area contributed by atoms with E-state index in [4.69, 9.17) is 0 Å². The molecule has 0 saturated heterocycles. The van der Waals surface area contributed by atoms with Gasteiger partial charge in [-0.15, -0.1) is 0 Å². The molecule has 0 saturated carbocycles. The molecule has 0 aliphatic rings. The van der Waals surface area contributed by atoms with Crippen LogP contribution in [0.25, 0.3) is 0 Å². The largest absolute Gasteiger partial charge is 0.389 e. The number of halogens is 6. The Morgan fingerprint density at radius 3 is 1.94 bits per heavy atom. The first-order chi connectivity index (χ1) is 7.47. The van der Waals surface area contributed by atoms with Gasteiger partial charge in [0.1, 0.15) is 5.78 Å². The summed E-state index contributed by atoms with van der Waals surface area (Å²) in [5.41, 5.74) is 0. The van der Waals surface area contributed by atoms with Gasteiger partial charge in [0, 0.05) is 6.42 Å². The van der Waals surface area contributed by atoms with Crippen LogP contribution in [-0.4, -0.2) is 29.8 Å². The van der Waals surface area contributed by atoms with Gasteiger partial charge in [-0.3, -0.25) is 9.59 Å². The molecule has 17 heavy (non-hydrogen) atoms. The average molecular weight is 264 g/mol. The summed E-state index contributed by atoms with van der Waals surface area (Å²) < 4.78 is 73.6. The van der Waals surface area contributed by atoms with E-state index in [1.807, 2.05) is 0 Å². The van der Waals surface area contributed by atoms with Crippen molar-refractivity contribution >= 4 is 11.6 Å². The van der Waals surface area contributed by atoms with Crippen LogP contribution in [0.5, 0.6) is 0 Å². The monoisotopic (exact) mass is 264 g/mol. The number of Topliss-reactive ketones (excluding diaryl/α,β-unsaturated/α-hetero) is 2. The van der Waals surface area contributed by atoms with E-state index >= 15 is 0 Å². The molecule has 0 aliphatic heterocycles. The molecule has 1 atom stereocenters. The quantitative estimate of drug-likeness (QED) is 0.546. The predicted molar refractivity (Wildman–Crippen MR) is 45.4 cm³/mol. The first kappa shape index (κ1) is 15.9. The second kappa shape index (κ2) is 5.50. The van der Waals surface area contributed by atoms with Gasteiger partial charge in [0.05, 0.1) is 6.42 Å². The van der Waals surface area contributed by atoms with Crippen molar-refractivity contribution in [3.05, 3.63) is 0 Å². The van der Waals surface area contributed by atoms with E-state index in [0.717, 1.165) is 6.92 Å². The maximum absolute atomic E-state index is 12.9. The Hall–Kier alpha value is -1.08. The molecule has 0 N–H and O–H groups in total. The summed E-state index contributed by atoms with van der Waals surface area (Å²) in [6, 6.07) is 0. The second-order valence-corrected chi connectivity index (χ2v) is 3.55. The highest BCUT2D eigenvalue weighted by atomic mass is 19.4. The van der Waals surface area contributed by atoms with E-state index in [9.17, 15) is 35.9 Å². The molecule has 0 bridgehead atoms. The molecule has 0 aromatic heterocycles. The molecule has 2 nitrogen and oxygen atoms in total. The van der Waals surface area contributed by atoms with Gasteiger partial charge in [0.2, 0.25) is 5.78 Å². The fourth-order valence-corrected chi connectivity index (χ4v) is 0.990. The Kier molecular flexibility index (Phi) is 5.15. The molecule has 0 heterocycles. The van der Waals surface area contributed by atoms with Crippen LogP contribution in [0.3, 0.4) is 0 Å². The van der Waals surface area contributed by atoms with Crippen molar-refractivity contribution < 1.29 is 35.9 Å². The Morgan fingerprint density at radius 2 is 1.59 bits per heavy atom. The summed E-state index contributed by atoms with van der Waals surface area (Å²) >= 11 is 0. The summed E-state index contributed by atoms with van der Waals surface area (Å²) in [6.07, 6.45) is -12.5. The van der Waals surface area contributed by atoms with E-state index in [2.05, 4.69) is 0 Å². The van der Waals surface area contributed by atoms with Crippen LogP contribution < -0.4 is 0 Å². The number of carbonyl (C=O) groups is 2. The third-order valence-electron chi connectivity index (χ3n) is 1.86. The lowest BCUT2D eigenvalue weighted by Gasteiger charge is -2.19. The lowest BCUT2D eigenvalue weighted by atomic mass is 10.0. The molecule has 0 aliphatic carbocycles. The summed E-state index contributed by atoms with van der Waals surface area (Å²) in [4.78, 5) is 21.1. The van der Waals surface area contributed by atoms with Gasteiger partial charge < -0.3 is 0 Å². The Morgan fingerprint density at radius 1 is 1.12 bits per heavy atom. The van der Waals surface area contributed by atoms with Crippen molar-refractivity contribution in [2.75, 3.05) is 0 Å². The molecule has 0 radical (unpaired) electrons. The van der Waals surface area contributed by atoms with Crippen molar-refractivity contribution in [1.29, 1.82) is 0 Å². The minimum atomic E-state index is -4.77. The van der Waals surface area contributed by atoms with Gasteiger partial charge in [-0.05, 0) is 13.3 Å². The minimum absolute atomic E-state index is 0.844. The van der Waals surface area contributed by atoms with E-state index < -0.39 is 49.1 Å². The minimum Gasteiger partial charge on any atom is -0.300 e. The zero-order valence-corrected chi connectivity index (χ0v) is 8.78. The molecule has 0 fully saturated rings. The molecule has 1 unspecified atom stereocenters. The van der Waals surface area contributed by atoms with Crippen LogP contribution in [-0.2, 0) is 9.59 Å². The van der Waals surface area contributed by atoms with Gasteiger partial charge in [-0.2, -0.15) is 22.0 Å². The summed E-state index contributed by atoms with van der Waals surface area (Å²) in [6.45, 7) is 0.844. The third kappa shape index (κ3) is 5.69. The highest BCUT2D eigenvalue weighted by molar-refractivity contribution is 6.01. The van der Waals surface area contributed by atoms with Crippen LogP contribution in [0.4, 0.5) is 26.3 Å². The van der Waals surface area contributed by atoms with Crippen molar-refractivity contribution in [3.63, 3.8) is 0 Å². The van der Waals surface area contributed by atoms with E-state index in [1.165, 1.54) is 0 Å². The van der Waals surface area contributed by atoms with Gasteiger partial charge in [0.25, 0.3) is 0 Å². The van der Waals surface area contributed by atoms with Crippen LogP contribution in [0.15, 0.2) is 0 Å². The highest BCUT2D eigenvalue weighted by Gasteiger charge is 2.48. The zero-order chi connectivity index (χ0) is 13.9. The molecule has 0 aromatic rings. The Labute approximate surface area is 93.0 Å². The maximum Gasteiger partial charge on any atom is 0.389 e. The number of hydrogen-bond acceptors (Lipinski definition) is 2. The standard InChI is InChI=1S/C9H10F6O2/c1-5(16)4-7(17)9(14,15)6(10)2-3-8(11,12)13/h6H,2-4H2,1H3. The lowest BCUT2D eigenvalue weighted by molar-refractivity contribution is -0.164. The second-order valence-electron chi connectivity index (χ2n) is 3.55. The van der Waals surface area contributed by atoms with Gasteiger partial charge >= 0.3 is 12.1 Å². The van der Waals surface area contributed by atoms with Crippen molar-refractivity contribution in [1.82, 2.24) is 0 Å². The van der Waals surface area contributed by atoms with Crippen LogP contribution >= 0.6 is 0 Å². The number of ketones is 2. The molecular formula is C9H10F6O2. The fraction of sp³-hybridized carbons (Fsp3) is 0.778. The fourth-order valence-electron chi connectivity index (χ4n) is 0.990. The SMILES string of the molecule is CC(=O)CC(=O)C(F)(F)C(F)CCC(F)(F)F. The van der Waals surface area contributed by atoms with E-state index in [1.54, 1.807) is 0 Å². The lowest BCUT2D eigenvalue weighted by Crippen LogP contribution is -2.40. The molecule has 0 amide bonds. The maximum atomic E-state index is 12.9. The summed E-state index contributed by atoms with van der Waals surface area (Å²) in [5.74, 6) is -7.46. The third-order valence-corrected chi connectivity index (χ3v) is 1.86. The topological polar surface area (TPSA) is 34.1 Å². The predicted octanol–water partition coefficient (Wildman–Crippen LogP) is 2.85. The van der Waals surface area contributed by atoms with E-state index in [0.29, 0.717) is 0 Å². The number of hydrogen-bond donors (Lipinski definition) is 0. The van der Waals surface area contributed by atoms with Crippen LogP contribution in [0.1, 0.15) is 26.2 Å². The molecule has 0 aromatic carbocycles. The number of alkyl halides is 6. The highest BCUT2D eigenvalue weighted by Crippen LogP contribution is 2.31. The van der Waals surface area contributed by atoms with Crippen LogP contribution in [0, 0.1) is 0 Å². The molecular weight excluding hydrogens is 254 g/mol. The first-order valence-electron chi connectivity index (χ1n) is 4.58. The Balaban J connectivity index is 4.48. The molecule has 100 valence electrons.